The number of anilines is 1. The molecule has 0 aliphatic carbocycles. The Morgan fingerprint density at radius 3 is 2.31 bits per heavy atom. The van der Waals surface area contributed by atoms with Crippen molar-refractivity contribution in [1.82, 2.24) is 4.98 Å². The minimum absolute atomic E-state index is 0.0776. The van der Waals surface area contributed by atoms with Crippen molar-refractivity contribution in [1.29, 1.82) is 0 Å². The zero-order valence-corrected chi connectivity index (χ0v) is 8.77. The highest BCUT2D eigenvalue weighted by molar-refractivity contribution is 7.15. The number of nitrogens with two attached hydrogens (primary N) is 1. The Morgan fingerprint density at radius 2 is 1.75 bits per heavy atom. The second-order valence-electron chi connectivity index (χ2n) is 3.09. The fraction of sp³-hybridized carbons (Fsp3) is 0.100. The maximum absolute atomic E-state index is 12.7. The first-order chi connectivity index (χ1) is 7.48. The van der Waals surface area contributed by atoms with Crippen LogP contribution in [0.5, 0.6) is 0 Å². The summed E-state index contributed by atoms with van der Waals surface area (Å²) in [6.45, 7) is 0. The Morgan fingerprint density at radius 1 is 1.12 bits per heavy atom. The van der Waals surface area contributed by atoms with E-state index in [1.165, 1.54) is 0 Å². The molecule has 0 amide bonds. The molecule has 2 nitrogen and oxygen atoms in total. The SMILES string of the molecule is Nc1nc(-c2ccccc2)c(C(F)(F)F)s1. The van der Waals surface area contributed by atoms with Gasteiger partial charge in [-0.05, 0) is 0 Å². The summed E-state index contributed by atoms with van der Waals surface area (Å²) in [6, 6.07) is 8.19. The van der Waals surface area contributed by atoms with Crippen LogP contribution in [0.1, 0.15) is 4.88 Å². The number of hydrogen-bond acceptors (Lipinski definition) is 3. The lowest BCUT2D eigenvalue weighted by molar-refractivity contribution is -0.134. The molecule has 0 unspecified atom stereocenters. The van der Waals surface area contributed by atoms with E-state index in [2.05, 4.69) is 4.98 Å². The normalized spacial score (nSPS) is 11.7. The van der Waals surface area contributed by atoms with Crippen LogP contribution < -0.4 is 5.73 Å². The summed E-state index contributed by atoms with van der Waals surface area (Å²) in [5, 5.41) is -0.0776. The van der Waals surface area contributed by atoms with Crippen LogP contribution >= 0.6 is 11.3 Å². The van der Waals surface area contributed by atoms with Crippen LogP contribution in [0.2, 0.25) is 0 Å². The number of hydrogen-bond donors (Lipinski definition) is 1. The quantitative estimate of drug-likeness (QED) is 0.834. The molecule has 1 aromatic heterocycles. The molecule has 0 saturated heterocycles. The number of nitrogens with zero attached hydrogens (tertiary/aromatic N) is 1. The highest BCUT2D eigenvalue weighted by atomic mass is 32.1. The molecule has 6 heteroatoms. The molecule has 0 spiro atoms. The summed E-state index contributed by atoms with van der Waals surface area (Å²) in [5.74, 6) is 0. The fourth-order valence-electron chi connectivity index (χ4n) is 1.32. The van der Waals surface area contributed by atoms with Crippen LogP contribution in [0.25, 0.3) is 11.3 Å². The Bertz CT molecular complexity index is 491. The summed E-state index contributed by atoms with van der Waals surface area (Å²) >= 11 is 0.458. The molecule has 16 heavy (non-hydrogen) atoms. The Kier molecular flexibility index (Phi) is 2.59. The molecule has 0 atom stereocenters. The molecule has 1 heterocycles. The highest BCUT2D eigenvalue weighted by Crippen LogP contribution is 2.41. The third-order valence-corrected chi connectivity index (χ3v) is 2.88. The molecule has 1 aromatic carbocycles. The van der Waals surface area contributed by atoms with Gasteiger partial charge < -0.3 is 5.73 Å². The third kappa shape index (κ3) is 2.01. The first-order valence-corrected chi connectivity index (χ1v) is 5.19. The van der Waals surface area contributed by atoms with E-state index >= 15 is 0 Å². The standard InChI is InChI=1S/C10H7F3N2S/c11-10(12,13)8-7(15-9(14)16-8)6-4-2-1-3-5-6/h1-5H,(H2,14,15). The topological polar surface area (TPSA) is 38.9 Å². The lowest BCUT2D eigenvalue weighted by Gasteiger charge is -2.05. The molecular formula is C10H7F3N2S. The minimum Gasteiger partial charge on any atom is -0.375 e. The minimum atomic E-state index is -4.42. The predicted molar refractivity (Wildman–Crippen MR) is 57.0 cm³/mol. The summed E-state index contributed by atoms with van der Waals surface area (Å²) < 4.78 is 38.0. The molecule has 0 bridgehead atoms. The lowest BCUT2D eigenvalue weighted by Crippen LogP contribution is -2.03. The molecule has 2 aromatic rings. The van der Waals surface area contributed by atoms with E-state index in [0.717, 1.165) is 0 Å². The number of rotatable bonds is 1. The van der Waals surface area contributed by atoms with Crippen molar-refractivity contribution in [3.63, 3.8) is 0 Å². The lowest BCUT2D eigenvalue weighted by atomic mass is 10.1. The van der Waals surface area contributed by atoms with Gasteiger partial charge in [0.15, 0.2) is 5.13 Å². The van der Waals surface area contributed by atoms with Crippen molar-refractivity contribution in [3.05, 3.63) is 35.2 Å². The fourth-order valence-corrected chi connectivity index (χ4v) is 2.04. The molecule has 0 saturated carbocycles. The van der Waals surface area contributed by atoms with Crippen molar-refractivity contribution >= 4 is 16.5 Å². The van der Waals surface area contributed by atoms with E-state index in [4.69, 9.17) is 5.73 Å². The van der Waals surface area contributed by atoms with Gasteiger partial charge in [0.1, 0.15) is 4.88 Å². The van der Waals surface area contributed by atoms with Crippen molar-refractivity contribution in [2.45, 2.75) is 6.18 Å². The van der Waals surface area contributed by atoms with Crippen LogP contribution in [-0.4, -0.2) is 4.98 Å². The number of alkyl halides is 3. The van der Waals surface area contributed by atoms with Gasteiger partial charge in [0.25, 0.3) is 0 Å². The van der Waals surface area contributed by atoms with Crippen LogP contribution in [0, 0.1) is 0 Å². The van der Waals surface area contributed by atoms with E-state index < -0.39 is 11.1 Å². The van der Waals surface area contributed by atoms with Gasteiger partial charge in [-0.1, -0.05) is 41.7 Å². The van der Waals surface area contributed by atoms with E-state index in [1.54, 1.807) is 30.3 Å². The van der Waals surface area contributed by atoms with Gasteiger partial charge in [0.2, 0.25) is 0 Å². The number of aromatic nitrogens is 1. The molecule has 0 aliphatic rings. The van der Waals surface area contributed by atoms with Crippen LogP contribution in [-0.2, 0) is 6.18 Å². The van der Waals surface area contributed by atoms with E-state index in [9.17, 15) is 13.2 Å². The zero-order chi connectivity index (χ0) is 11.8. The second kappa shape index (κ2) is 3.79. The summed E-state index contributed by atoms with van der Waals surface area (Å²) in [4.78, 5) is 2.97. The third-order valence-electron chi connectivity index (χ3n) is 1.95. The molecule has 0 radical (unpaired) electrons. The number of thiazole rings is 1. The Labute approximate surface area is 93.5 Å². The Hall–Kier alpha value is -1.56. The maximum Gasteiger partial charge on any atom is 0.427 e. The smallest absolute Gasteiger partial charge is 0.375 e. The van der Waals surface area contributed by atoms with Gasteiger partial charge in [-0.25, -0.2) is 4.98 Å². The van der Waals surface area contributed by atoms with Crippen LogP contribution in [0.3, 0.4) is 0 Å². The van der Waals surface area contributed by atoms with Crippen molar-refractivity contribution in [2.75, 3.05) is 5.73 Å². The number of nitrogen functional groups attached to an aromatic ring is 1. The first-order valence-electron chi connectivity index (χ1n) is 4.37. The number of benzene rings is 1. The van der Waals surface area contributed by atoms with E-state index in [1.807, 2.05) is 0 Å². The van der Waals surface area contributed by atoms with Crippen molar-refractivity contribution in [3.8, 4) is 11.3 Å². The zero-order valence-electron chi connectivity index (χ0n) is 7.95. The average Bonchev–Trinajstić information content (AvgIpc) is 2.61. The molecule has 84 valence electrons. The summed E-state index contributed by atoms with van der Waals surface area (Å²) in [5.41, 5.74) is 5.64. The maximum atomic E-state index is 12.7. The van der Waals surface area contributed by atoms with E-state index in [-0.39, 0.29) is 10.8 Å². The van der Waals surface area contributed by atoms with Crippen LogP contribution in [0.15, 0.2) is 30.3 Å². The van der Waals surface area contributed by atoms with Crippen LogP contribution in [0.4, 0.5) is 18.3 Å². The van der Waals surface area contributed by atoms with Gasteiger partial charge in [0, 0.05) is 5.56 Å². The average molecular weight is 244 g/mol. The highest BCUT2D eigenvalue weighted by Gasteiger charge is 2.37. The van der Waals surface area contributed by atoms with Gasteiger partial charge in [0.05, 0.1) is 5.69 Å². The number of halogens is 3. The van der Waals surface area contributed by atoms with Gasteiger partial charge >= 0.3 is 6.18 Å². The van der Waals surface area contributed by atoms with Crippen molar-refractivity contribution in [2.24, 2.45) is 0 Å². The molecule has 0 aliphatic heterocycles. The second-order valence-corrected chi connectivity index (χ2v) is 4.12. The molecular weight excluding hydrogens is 237 g/mol. The van der Waals surface area contributed by atoms with Gasteiger partial charge in [-0.3, -0.25) is 0 Å². The molecule has 2 rings (SSSR count). The summed E-state index contributed by atoms with van der Waals surface area (Å²) in [7, 11) is 0. The summed E-state index contributed by atoms with van der Waals surface area (Å²) in [6.07, 6.45) is -4.42. The van der Waals surface area contributed by atoms with E-state index in [0.29, 0.717) is 16.9 Å². The first kappa shape index (κ1) is 10.9. The largest absolute Gasteiger partial charge is 0.427 e. The predicted octanol–water partition coefficient (Wildman–Crippen LogP) is 3.41. The Balaban J connectivity index is 2.58. The molecule has 0 fully saturated rings. The van der Waals surface area contributed by atoms with Gasteiger partial charge in [-0.2, -0.15) is 13.2 Å². The monoisotopic (exact) mass is 244 g/mol. The van der Waals surface area contributed by atoms with Gasteiger partial charge in [-0.15, -0.1) is 0 Å². The van der Waals surface area contributed by atoms with Crippen molar-refractivity contribution < 1.29 is 13.2 Å². The molecule has 2 N–H and O–H groups in total.